The lowest BCUT2D eigenvalue weighted by atomic mass is 10.2. The fraction of sp³-hybridized carbons (Fsp3) is 0.778. The SMILES string of the molecule is C=CC(O)CCC1OCCCO1. The highest BCUT2D eigenvalue weighted by atomic mass is 16.7. The van der Waals surface area contributed by atoms with Crippen LogP contribution in [-0.2, 0) is 9.47 Å². The zero-order valence-corrected chi connectivity index (χ0v) is 7.24. The van der Waals surface area contributed by atoms with Crippen molar-refractivity contribution in [1.29, 1.82) is 0 Å². The van der Waals surface area contributed by atoms with Gasteiger partial charge in [0.25, 0.3) is 0 Å². The average molecular weight is 172 g/mol. The summed E-state index contributed by atoms with van der Waals surface area (Å²) in [7, 11) is 0. The van der Waals surface area contributed by atoms with Crippen LogP contribution in [0, 0.1) is 0 Å². The molecule has 0 aromatic rings. The molecule has 0 aromatic heterocycles. The number of hydrogen-bond acceptors (Lipinski definition) is 3. The molecule has 1 fully saturated rings. The number of aliphatic hydroxyl groups is 1. The summed E-state index contributed by atoms with van der Waals surface area (Å²) in [6, 6.07) is 0. The van der Waals surface area contributed by atoms with Gasteiger partial charge in [-0.15, -0.1) is 6.58 Å². The predicted molar refractivity (Wildman–Crippen MR) is 45.7 cm³/mol. The lowest BCUT2D eigenvalue weighted by molar-refractivity contribution is -0.183. The number of aliphatic hydroxyl groups excluding tert-OH is 1. The van der Waals surface area contributed by atoms with Crippen LogP contribution in [-0.4, -0.2) is 30.7 Å². The molecule has 0 spiro atoms. The smallest absolute Gasteiger partial charge is 0.157 e. The van der Waals surface area contributed by atoms with Crippen LogP contribution in [0.5, 0.6) is 0 Å². The van der Waals surface area contributed by atoms with Crippen LogP contribution in [0.2, 0.25) is 0 Å². The van der Waals surface area contributed by atoms with Gasteiger partial charge in [-0.25, -0.2) is 0 Å². The van der Waals surface area contributed by atoms with E-state index in [1.165, 1.54) is 6.08 Å². The van der Waals surface area contributed by atoms with Gasteiger partial charge in [0.05, 0.1) is 19.3 Å². The first-order valence-corrected chi connectivity index (χ1v) is 4.37. The third kappa shape index (κ3) is 3.34. The van der Waals surface area contributed by atoms with E-state index in [0.717, 1.165) is 26.1 Å². The molecule has 1 heterocycles. The topological polar surface area (TPSA) is 38.7 Å². The molecule has 12 heavy (non-hydrogen) atoms. The van der Waals surface area contributed by atoms with Crippen LogP contribution < -0.4 is 0 Å². The Kier molecular flexibility index (Phi) is 4.29. The van der Waals surface area contributed by atoms with Crippen molar-refractivity contribution in [3.05, 3.63) is 12.7 Å². The minimum atomic E-state index is -0.431. The highest BCUT2D eigenvalue weighted by molar-refractivity contribution is 4.77. The summed E-state index contributed by atoms with van der Waals surface area (Å²) in [5.74, 6) is 0. The largest absolute Gasteiger partial charge is 0.389 e. The third-order valence-corrected chi connectivity index (χ3v) is 1.87. The van der Waals surface area contributed by atoms with E-state index in [1.54, 1.807) is 0 Å². The van der Waals surface area contributed by atoms with Gasteiger partial charge in [0.2, 0.25) is 0 Å². The van der Waals surface area contributed by atoms with Crippen LogP contribution in [0.15, 0.2) is 12.7 Å². The number of ether oxygens (including phenoxy) is 2. The second-order valence-electron chi connectivity index (χ2n) is 2.91. The molecule has 0 saturated carbocycles. The van der Waals surface area contributed by atoms with E-state index >= 15 is 0 Å². The molecule has 0 bridgehead atoms. The predicted octanol–water partition coefficient (Wildman–Crippen LogP) is 1.08. The lowest BCUT2D eigenvalue weighted by Crippen LogP contribution is -2.25. The molecule has 3 nitrogen and oxygen atoms in total. The molecule has 1 aliphatic rings. The molecule has 1 N–H and O–H groups in total. The van der Waals surface area contributed by atoms with Crippen molar-refractivity contribution in [1.82, 2.24) is 0 Å². The highest BCUT2D eigenvalue weighted by Gasteiger charge is 2.14. The van der Waals surface area contributed by atoms with E-state index in [0.29, 0.717) is 6.42 Å². The first-order chi connectivity index (χ1) is 5.83. The van der Waals surface area contributed by atoms with E-state index in [-0.39, 0.29) is 6.29 Å². The summed E-state index contributed by atoms with van der Waals surface area (Å²) in [5.41, 5.74) is 0. The molecule has 0 radical (unpaired) electrons. The summed E-state index contributed by atoms with van der Waals surface area (Å²) >= 11 is 0. The zero-order valence-electron chi connectivity index (χ0n) is 7.24. The molecule has 3 heteroatoms. The van der Waals surface area contributed by atoms with Crippen LogP contribution in [0.4, 0.5) is 0 Å². The number of hydrogen-bond donors (Lipinski definition) is 1. The van der Waals surface area contributed by atoms with Crippen LogP contribution >= 0.6 is 0 Å². The molecule has 0 aliphatic carbocycles. The van der Waals surface area contributed by atoms with Gasteiger partial charge in [0, 0.05) is 6.42 Å². The van der Waals surface area contributed by atoms with E-state index < -0.39 is 6.10 Å². The Morgan fingerprint density at radius 2 is 2.17 bits per heavy atom. The lowest BCUT2D eigenvalue weighted by Gasteiger charge is -2.23. The Morgan fingerprint density at radius 1 is 1.50 bits per heavy atom. The molecule has 1 aliphatic heterocycles. The van der Waals surface area contributed by atoms with Crippen LogP contribution in [0.1, 0.15) is 19.3 Å². The summed E-state index contributed by atoms with van der Waals surface area (Å²) in [4.78, 5) is 0. The molecule has 1 rings (SSSR count). The monoisotopic (exact) mass is 172 g/mol. The molecule has 1 saturated heterocycles. The van der Waals surface area contributed by atoms with Gasteiger partial charge in [-0.2, -0.15) is 0 Å². The first kappa shape index (κ1) is 9.71. The van der Waals surface area contributed by atoms with E-state index in [2.05, 4.69) is 6.58 Å². The molecule has 1 atom stereocenters. The summed E-state index contributed by atoms with van der Waals surface area (Å²) in [6.45, 7) is 5.04. The van der Waals surface area contributed by atoms with Crippen molar-refractivity contribution in [3.63, 3.8) is 0 Å². The molecule has 0 aromatic carbocycles. The van der Waals surface area contributed by atoms with Gasteiger partial charge in [-0.3, -0.25) is 0 Å². The fourth-order valence-electron chi connectivity index (χ4n) is 1.13. The minimum Gasteiger partial charge on any atom is -0.389 e. The maximum Gasteiger partial charge on any atom is 0.157 e. The Hall–Kier alpha value is -0.380. The first-order valence-electron chi connectivity index (χ1n) is 4.37. The van der Waals surface area contributed by atoms with Gasteiger partial charge in [-0.1, -0.05) is 6.08 Å². The quantitative estimate of drug-likeness (QED) is 0.645. The maximum absolute atomic E-state index is 9.16. The van der Waals surface area contributed by atoms with Crippen molar-refractivity contribution in [3.8, 4) is 0 Å². The molecule has 70 valence electrons. The summed E-state index contributed by atoms with van der Waals surface area (Å²) in [6.07, 6.45) is 3.36. The summed E-state index contributed by atoms with van der Waals surface area (Å²) < 4.78 is 10.6. The van der Waals surface area contributed by atoms with E-state index in [9.17, 15) is 0 Å². The molecular formula is C9H16O3. The average Bonchev–Trinajstić information content (AvgIpc) is 2.16. The Bertz CT molecular complexity index is 130. The van der Waals surface area contributed by atoms with Gasteiger partial charge in [-0.05, 0) is 12.8 Å². The Labute approximate surface area is 73.0 Å². The number of rotatable bonds is 4. The van der Waals surface area contributed by atoms with Crippen LogP contribution in [0.25, 0.3) is 0 Å². The van der Waals surface area contributed by atoms with Gasteiger partial charge in [0.1, 0.15) is 0 Å². The van der Waals surface area contributed by atoms with E-state index in [4.69, 9.17) is 14.6 Å². The van der Waals surface area contributed by atoms with Crippen molar-refractivity contribution in [2.24, 2.45) is 0 Å². The molecular weight excluding hydrogens is 156 g/mol. The zero-order chi connectivity index (χ0) is 8.81. The molecule has 1 unspecified atom stereocenters. The molecule has 0 amide bonds. The summed E-state index contributed by atoms with van der Waals surface area (Å²) in [5, 5.41) is 9.16. The van der Waals surface area contributed by atoms with Crippen molar-refractivity contribution >= 4 is 0 Å². The third-order valence-electron chi connectivity index (χ3n) is 1.87. The van der Waals surface area contributed by atoms with Crippen molar-refractivity contribution < 1.29 is 14.6 Å². The minimum absolute atomic E-state index is 0.117. The van der Waals surface area contributed by atoms with Crippen molar-refractivity contribution in [2.45, 2.75) is 31.7 Å². The normalized spacial score (nSPS) is 22.1. The standard InChI is InChI=1S/C9H16O3/c1-2-8(10)4-5-9-11-6-3-7-12-9/h2,8-10H,1,3-7H2. The Balaban J connectivity index is 2.08. The highest BCUT2D eigenvalue weighted by Crippen LogP contribution is 2.11. The fourth-order valence-corrected chi connectivity index (χ4v) is 1.13. The van der Waals surface area contributed by atoms with Gasteiger partial charge in [0.15, 0.2) is 6.29 Å². The van der Waals surface area contributed by atoms with Crippen LogP contribution in [0.3, 0.4) is 0 Å². The van der Waals surface area contributed by atoms with Gasteiger partial charge < -0.3 is 14.6 Å². The second kappa shape index (κ2) is 5.30. The second-order valence-corrected chi connectivity index (χ2v) is 2.91. The van der Waals surface area contributed by atoms with Crippen molar-refractivity contribution in [2.75, 3.05) is 13.2 Å². The Morgan fingerprint density at radius 3 is 2.75 bits per heavy atom. The maximum atomic E-state index is 9.16. The van der Waals surface area contributed by atoms with Gasteiger partial charge >= 0.3 is 0 Å². The van der Waals surface area contributed by atoms with E-state index in [1.807, 2.05) is 0 Å².